The van der Waals surface area contributed by atoms with Crippen molar-refractivity contribution in [3.63, 3.8) is 0 Å². The first-order chi connectivity index (χ1) is 11.1. The van der Waals surface area contributed by atoms with Crippen LogP contribution < -0.4 is 11.1 Å². The van der Waals surface area contributed by atoms with Gasteiger partial charge in [0.25, 0.3) is 0 Å². The quantitative estimate of drug-likeness (QED) is 0.766. The van der Waals surface area contributed by atoms with Gasteiger partial charge in [-0.3, -0.25) is 9.36 Å². The Hall–Kier alpha value is -2.90. The molecule has 0 aliphatic carbocycles. The molecule has 8 heteroatoms. The molecule has 23 heavy (non-hydrogen) atoms. The molecule has 0 aliphatic rings. The molecule has 0 aliphatic heterocycles. The summed E-state index contributed by atoms with van der Waals surface area (Å²) in [6.45, 7) is 3.91. The van der Waals surface area contributed by atoms with Crippen LogP contribution in [0.5, 0.6) is 0 Å². The van der Waals surface area contributed by atoms with Crippen LogP contribution in [0.3, 0.4) is 0 Å². The van der Waals surface area contributed by atoms with Gasteiger partial charge in [-0.2, -0.15) is 4.98 Å². The Kier molecular flexibility index (Phi) is 3.96. The number of hydrogen-bond acceptors (Lipinski definition) is 6. The molecule has 2 heterocycles. The van der Waals surface area contributed by atoms with Gasteiger partial charge in [0.15, 0.2) is 11.4 Å². The Morgan fingerprint density at radius 3 is 2.96 bits per heavy atom. The molecule has 0 spiro atoms. The van der Waals surface area contributed by atoms with Crippen molar-refractivity contribution < 1.29 is 13.7 Å². The van der Waals surface area contributed by atoms with E-state index in [0.29, 0.717) is 11.1 Å². The highest BCUT2D eigenvalue weighted by Crippen LogP contribution is 2.12. The molecule has 0 fully saturated rings. The minimum atomic E-state index is -0.512. The summed E-state index contributed by atoms with van der Waals surface area (Å²) < 4.78 is 11.5. The Balaban J connectivity index is 1.82. The van der Waals surface area contributed by atoms with Crippen molar-refractivity contribution in [2.24, 2.45) is 0 Å². The van der Waals surface area contributed by atoms with Crippen molar-refractivity contribution in [2.75, 3.05) is 0 Å². The average Bonchev–Trinajstić information content (AvgIpc) is 3.13. The van der Waals surface area contributed by atoms with Crippen LogP contribution in [0.1, 0.15) is 36.8 Å². The van der Waals surface area contributed by atoms with Crippen molar-refractivity contribution in [1.29, 1.82) is 0 Å². The molecule has 120 valence electrons. The summed E-state index contributed by atoms with van der Waals surface area (Å²) in [6.07, 6.45) is 0.795. The summed E-state index contributed by atoms with van der Waals surface area (Å²) in [5.74, 6) is -0.835. The van der Waals surface area contributed by atoms with Crippen LogP contribution in [-0.4, -0.2) is 26.7 Å². The number of nitrogens with zero attached hydrogens (tertiary/aromatic N) is 3. The number of nitrogens with one attached hydrogen (secondary N) is 1. The minimum absolute atomic E-state index is 0.0123. The Labute approximate surface area is 131 Å². The van der Waals surface area contributed by atoms with Crippen LogP contribution in [0.2, 0.25) is 0 Å². The lowest BCUT2D eigenvalue weighted by atomic mass is 10.2. The van der Waals surface area contributed by atoms with Crippen LogP contribution in [0.4, 0.5) is 0 Å². The lowest BCUT2D eigenvalue weighted by Gasteiger charge is -2.07. The molecule has 1 N–H and O–H groups in total. The number of oxazole rings is 1. The summed E-state index contributed by atoms with van der Waals surface area (Å²) >= 11 is 0. The summed E-state index contributed by atoms with van der Waals surface area (Å²) in [5, 5.41) is 6.48. The first kappa shape index (κ1) is 15.0. The van der Waals surface area contributed by atoms with E-state index < -0.39 is 11.7 Å². The second kappa shape index (κ2) is 6.07. The predicted molar refractivity (Wildman–Crippen MR) is 81.1 cm³/mol. The van der Waals surface area contributed by atoms with Crippen molar-refractivity contribution in [2.45, 2.75) is 32.9 Å². The zero-order valence-corrected chi connectivity index (χ0v) is 12.8. The number of hydrogen-bond donors (Lipinski definition) is 1. The van der Waals surface area contributed by atoms with Gasteiger partial charge in [0.05, 0.1) is 12.1 Å². The largest absolute Gasteiger partial charge is 0.420 e. The van der Waals surface area contributed by atoms with E-state index in [1.165, 1.54) is 4.57 Å². The third-order valence-electron chi connectivity index (χ3n) is 3.53. The van der Waals surface area contributed by atoms with E-state index >= 15 is 0 Å². The molecule has 1 amide bonds. The van der Waals surface area contributed by atoms with E-state index in [2.05, 4.69) is 15.5 Å². The van der Waals surface area contributed by atoms with Crippen LogP contribution in [-0.2, 0) is 6.54 Å². The van der Waals surface area contributed by atoms with Gasteiger partial charge in [-0.1, -0.05) is 24.2 Å². The number of fused-ring (bicyclic) bond motifs is 1. The SMILES string of the molecule is CC[C@@H](C)NC(=O)c1nc(Cn2c(=O)oc3ccccc32)no1. The molecular formula is C15H16N4O4. The molecule has 0 saturated heterocycles. The van der Waals surface area contributed by atoms with Gasteiger partial charge in [0.1, 0.15) is 0 Å². The van der Waals surface area contributed by atoms with E-state index in [1.807, 2.05) is 13.8 Å². The van der Waals surface area contributed by atoms with Crippen molar-refractivity contribution >= 4 is 17.0 Å². The van der Waals surface area contributed by atoms with Gasteiger partial charge in [0, 0.05) is 6.04 Å². The number of amides is 1. The van der Waals surface area contributed by atoms with Gasteiger partial charge in [0.2, 0.25) is 0 Å². The predicted octanol–water partition coefficient (Wildman–Crippen LogP) is 1.55. The van der Waals surface area contributed by atoms with E-state index in [4.69, 9.17) is 8.94 Å². The number of carbonyl (C=O) groups excluding carboxylic acids is 1. The van der Waals surface area contributed by atoms with Crippen LogP contribution >= 0.6 is 0 Å². The van der Waals surface area contributed by atoms with Gasteiger partial charge in [-0.15, -0.1) is 0 Å². The molecule has 1 aromatic carbocycles. The first-order valence-corrected chi connectivity index (χ1v) is 7.30. The third kappa shape index (κ3) is 3.01. The fourth-order valence-electron chi connectivity index (χ4n) is 2.10. The first-order valence-electron chi connectivity index (χ1n) is 7.30. The summed E-state index contributed by atoms with van der Waals surface area (Å²) in [5.41, 5.74) is 1.11. The highest BCUT2D eigenvalue weighted by Gasteiger charge is 2.18. The van der Waals surface area contributed by atoms with Crippen LogP contribution in [0.25, 0.3) is 11.1 Å². The molecule has 0 radical (unpaired) electrons. The van der Waals surface area contributed by atoms with E-state index in [-0.39, 0.29) is 24.3 Å². The Bertz CT molecular complexity index is 892. The second-order valence-corrected chi connectivity index (χ2v) is 5.22. The highest BCUT2D eigenvalue weighted by atomic mass is 16.5. The zero-order chi connectivity index (χ0) is 16.4. The molecule has 2 aromatic heterocycles. The molecule has 3 rings (SSSR count). The minimum Gasteiger partial charge on any atom is -0.408 e. The van der Waals surface area contributed by atoms with Crippen molar-refractivity contribution in [1.82, 2.24) is 20.0 Å². The molecule has 8 nitrogen and oxygen atoms in total. The van der Waals surface area contributed by atoms with Crippen molar-refractivity contribution in [3.8, 4) is 0 Å². The Morgan fingerprint density at radius 1 is 1.39 bits per heavy atom. The lowest BCUT2D eigenvalue weighted by molar-refractivity contribution is 0.0895. The monoisotopic (exact) mass is 316 g/mol. The van der Waals surface area contributed by atoms with E-state index in [1.54, 1.807) is 24.3 Å². The van der Waals surface area contributed by atoms with Gasteiger partial charge in [-0.25, -0.2) is 4.79 Å². The van der Waals surface area contributed by atoms with Gasteiger partial charge in [-0.05, 0) is 25.5 Å². The maximum Gasteiger partial charge on any atom is 0.420 e. The topological polar surface area (TPSA) is 103 Å². The highest BCUT2D eigenvalue weighted by molar-refractivity contribution is 5.89. The number of carbonyl (C=O) groups is 1. The number of rotatable bonds is 5. The number of para-hydroxylation sites is 2. The van der Waals surface area contributed by atoms with E-state index in [0.717, 1.165) is 6.42 Å². The zero-order valence-electron chi connectivity index (χ0n) is 12.8. The van der Waals surface area contributed by atoms with Crippen LogP contribution in [0, 0.1) is 0 Å². The third-order valence-corrected chi connectivity index (χ3v) is 3.53. The molecule has 0 saturated carbocycles. The maximum absolute atomic E-state index is 11.9. The van der Waals surface area contributed by atoms with Crippen molar-refractivity contribution in [3.05, 3.63) is 46.5 Å². The normalized spacial score (nSPS) is 12.4. The molecule has 0 unspecified atom stereocenters. The fourth-order valence-corrected chi connectivity index (χ4v) is 2.10. The van der Waals surface area contributed by atoms with Gasteiger partial charge < -0.3 is 14.3 Å². The molecule has 1 atom stereocenters. The van der Waals surface area contributed by atoms with E-state index in [9.17, 15) is 9.59 Å². The molecular weight excluding hydrogens is 300 g/mol. The number of benzene rings is 1. The lowest BCUT2D eigenvalue weighted by Crippen LogP contribution is -2.32. The molecule has 3 aromatic rings. The Morgan fingerprint density at radius 2 is 2.17 bits per heavy atom. The molecule has 0 bridgehead atoms. The second-order valence-electron chi connectivity index (χ2n) is 5.22. The van der Waals surface area contributed by atoms with Gasteiger partial charge >= 0.3 is 17.6 Å². The van der Waals surface area contributed by atoms with Crippen LogP contribution in [0.15, 0.2) is 38.0 Å². The summed E-state index contributed by atoms with van der Waals surface area (Å²) in [7, 11) is 0. The summed E-state index contributed by atoms with van der Waals surface area (Å²) in [4.78, 5) is 27.8. The fraction of sp³-hybridized carbons (Fsp3) is 0.333. The number of aromatic nitrogens is 3. The maximum atomic E-state index is 11.9. The average molecular weight is 316 g/mol. The summed E-state index contributed by atoms with van der Waals surface area (Å²) in [6, 6.07) is 7.06. The smallest absolute Gasteiger partial charge is 0.408 e. The standard InChI is InChI=1S/C15H16N4O4/c1-3-9(2)16-13(20)14-17-12(18-23-14)8-19-10-6-4-5-7-11(10)22-15(19)21/h4-7,9H,3,8H2,1-2H3,(H,16,20)/t9-/m1/s1.